The van der Waals surface area contributed by atoms with Crippen molar-refractivity contribution in [3.63, 3.8) is 0 Å². The number of anilines is 3. The summed E-state index contributed by atoms with van der Waals surface area (Å²) in [6, 6.07) is 41.8. The van der Waals surface area contributed by atoms with Gasteiger partial charge in [-0.1, -0.05) is 104 Å². The van der Waals surface area contributed by atoms with Crippen molar-refractivity contribution >= 4 is 48.0 Å². The summed E-state index contributed by atoms with van der Waals surface area (Å²) in [5.41, 5.74) is 2.34. The Bertz CT molecular complexity index is 2150. The predicted octanol–water partition coefficient (Wildman–Crippen LogP) is 7.25. The molecule has 2 aliphatic rings. The van der Waals surface area contributed by atoms with E-state index < -0.39 is 19.8 Å². The number of hydrogen-bond acceptors (Lipinski definition) is 6. The molecule has 0 unspecified atom stereocenters. The maximum Gasteiger partial charge on any atom is 0.268 e. The van der Waals surface area contributed by atoms with Crippen molar-refractivity contribution in [3.05, 3.63) is 150 Å². The molecule has 5 aromatic rings. The molecule has 282 valence electrons. The predicted molar refractivity (Wildman–Crippen MR) is 218 cm³/mol. The third-order valence-corrected chi connectivity index (χ3v) is 15.7. The molecule has 0 saturated carbocycles. The minimum Gasteiger partial charge on any atom is -0.497 e. The highest BCUT2D eigenvalue weighted by atomic mass is 28.3. The average molecular weight is 754 g/mol. The van der Waals surface area contributed by atoms with Crippen LogP contribution in [0.15, 0.2) is 133 Å². The molecule has 0 radical (unpaired) electrons. The Kier molecular flexibility index (Phi) is 10.8. The van der Waals surface area contributed by atoms with E-state index in [-0.39, 0.29) is 48.8 Å². The number of nitrogens with one attached hydrogen (secondary N) is 1. The number of carbonyl (C=O) groups is 3. The SMILES string of the molecule is COc1ccc([Si](C)(C)[C@@H]2[C@@H](CC(=O)N(CCO)Cc3ccccc3)O[C@]3(C(=O)N(c4ccccc4)c4ccc(NC(=O)c5ccccc5)cc43)[C@H]2C)cc1. The Morgan fingerprint density at radius 1 is 0.891 bits per heavy atom. The molecular formula is C45H47N3O6Si. The van der Waals surface area contributed by atoms with Crippen LogP contribution in [0.5, 0.6) is 5.75 Å². The molecule has 1 saturated heterocycles. The van der Waals surface area contributed by atoms with Gasteiger partial charge in [-0.2, -0.15) is 0 Å². The Morgan fingerprint density at radius 2 is 1.53 bits per heavy atom. The van der Waals surface area contributed by atoms with Gasteiger partial charge in [-0.15, -0.1) is 0 Å². The first-order valence-corrected chi connectivity index (χ1v) is 21.8. The maximum atomic E-state index is 15.3. The minimum atomic E-state index is -2.57. The number of benzene rings is 5. The fraction of sp³-hybridized carbons (Fsp3) is 0.267. The van der Waals surface area contributed by atoms with Gasteiger partial charge >= 0.3 is 0 Å². The molecule has 2 N–H and O–H groups in total. The van der Waals surface area contributed by atoms with Gasteiger partial charge in [-0.05, 0) is 65.7 Å². The minimum absolute atomic E-state index is 0.0224. The van der Waals surface area contributed by atoms with Crippen LogP contribution in [-0.2, 0) is 26.5 Å². The third kappa shape index (κ3) is 7.09. The molecule has 7 rings (SSSR count). The van der Waals surface area contributed by atoms with Crippen LogP contribution in [-0.4, -0.2) is 62.2 Å². The summed E-state index contributed by atoms with van der Waals surface area (Å²) in [4.78, 5) is 46.5. The molecule has 9 nitrogen and oxygen atoms in total. The first kappa shape index (κ1) is 37.7. The van der Waals surface area contributed by atoms with Gasteiger partial charge in [0.05, 0.1) is 40.0 Å². The van der Waals surface area contributed by atoms with E-state index in [1.54, 1.807) is 29.0 Å². The Morgan fingerprint density at radius 3 is 2.16 bits per heavy atom. The first-order valence-electron chi connectivity index (χ1n) is 18.7. The van der Waals surface area contributed by atoms with Crippen molar-refractivity contribution in [2.75, 3.05) is 30.5 Å². The van der Waals surface area contributed by atoms with Crippen LogP contribution < -0.4 is 20.1 Å². The normalized spacial score (nSPS) is 20.3. The Balaban J connectivity index is 1.34. The number of ether oxygens (including phenoxy) is 2. The van der Waals surface area contributed by atoms with Gasteiger partial charge in [0.25, 0.3) is 11.8 Å². The molecule has 2 heterocycles. The van der Waals surface area contributed by atoms with E-state index in [1.165, 1.54) is 0 Å². The van der Waals surface area contributed by atoms with Gasteiger partial charge in [0.2, 0.25) is 5.91 Å². The number of aliphatic hydroxyl groups is 1. The van der Waals surface area contributed by atoms with E-state index >= 15 is 4.79 Å². The summed E-state index contributed by atoms with van der Waals surface area (Å²) >= 11 is 0. The third-order valence-electron chi connectivity index (χ3n) is 11.4. The summed E-state index contributed by atoms with van der Waals surface area (Å²) in [6.45, 7) is 6.95. The monoisotopic (exact) mass is 753 g/mol. The lowest BCUT2D eigenvalue weighted by atomic mass is 9.82. The second-order valence-corrected chi connectivity index (χ2v) is 19.6. The molecule has 10 heteroatoms. The van der Waals surface area contributed by atoms with Gasteiger partial charge in [0, 0.05) is 41.5 Å². The van der Waals surface area contributed by atoms with Gasteiger partial charge in [-0.25, -0.2) is 0 Å². The van der Waals surface area contributed by atoms with Crippen molar-refractivity contribution < 1.29 is 29.0 Å². The van der Waals surface area contributed by atoms with Gasteiger partial charge in [0.15, 0.2) is 5.60 Å². The number of rotatable bonds is 12. The highest BCUT2D eigenvalue weighted by Gasteiger charge is 2.67. The average Bonchev–Trinajstić information content (AvgIpc) is 3.64. The largest absolute Gasteiger partial charge is 0.497 e. The van der Waals surface area contributed by atoms with Crippen molar-refractivity contribution in [2.45, 2.75) is 50.2 Å². The smallest absolute Gasteiger partial charge is 0.268 e. The van der Waals surface area contributed by atoms with Crippen molar-refractivity contribution in [1.29, 1.82) is 0 Å². The summed E-state index contributed by atoms with van der Waals surface area (Å²) in [5, 5.41) is 14.2. The van der Waals surface area contributed by atoms with E-state index in [1.807, 2.05) is 109 Å². The molecule has 0 bridgehead atoms. The first-order chi connectivity index (χ1) is 26.6. The molecule has 0 aliphatic carbocycles. The second kappa shape index (κ2) is 15.7. The van der Waals surface area contributed by atoms with E-state index in [2.05, 4.69) is 37.5 Å². The standard InChI is InChI=1S/C45H47N3O6Si/c1-31-42(55(3,4)37-23-21-36(53-2)22-24-37)40(29-41(50)47(26-27-49)30-32-14-8-5-9-15-32)54-45(31)38-28-34(46-43(51)33-16-10-6-11-17-33)20-25-39(38)48(44(45)52)35-18-12-7-13-19-35/h5-25,28,31,40,42,49H,26-27,29-30H2,1-4H3,(H,46,51)/t31-,40+,42-,45+/m0/s1. The second-order valence-electron chi connectivity index (χ2n) is 14.9. The molecule has 55 heavy (non-hydrogen) atoms. The van der Waals surface area contributed by atoms with Crippen LogP contribution in [0.1, 0.15) is 34.8 Å². The zero-order chi connectivity index (χ0) is 38.7. The Hall–Kier alpha value is -5.55. The van der Waals surface area contributed by atoms with E-state index in [4.69, 9.17) is 9.47 Å². The number of amides is 3. The van der Waals surface area contributed by atoms with E-state index in [9.17, 15) is 14.7 Å². The van der Waals surface area contributed by atoms with Crippen LogP contribution >= 0.6 is 0 Å². The van der Waals surface area contributed by atoms with Crippen LogP contribution in [0.2, 0.25) is 18.6 Å². The molecule has 1 spiro atoms. The van der Waals surface area contributed by atoms with E-state index in [0.717, 1.165) is 16.5 Å². The molecule has 5 aromatic carbocycles. The maximum absolute atomic E-state index is 15.3. The van der Waals surface area contributed by atoms with Gasteiger partial charge in [-0.3, -0.25) is 19.3 Å². The Labute approximate surface area is 323 Å². The summed E-state index contributed by atoms with van der Waals surface area (Å²) in [6.07, 6.45) is -0.618. The number of nitrogens with zero attached hydrogens (tertiary/aromatic N) is 2. The zero-order valence-corrected chi connectivity index (χ0v) is 32.6. The molecule has 2 aliphatic heterocycles. The lowest BCUT2D eigenvalue weighted by Crippen LogP contribution is -2.52. The summed E-state index contributed by atoms with van der Waals surface area (Å²) in [5.74, 6) is -0.295. The number of fused-ring (bicyclic) bond motifs is 2. The van der Waals surface area contributed by atoms with Crippen molar-refractivity contribution in [3.8, 4) is 5.75 Å². The topological polar surface area (TPSA) is 108 Å². The summed E-state index contributed by atoms with van der Waals surface area (Å²) in [7, 11) is -0.933. The fourth-order valence-corrected chi connectivity index (χ4v) is 12.7. The lowest BCUT2D eigenvalue weighted by Gasteiger charge is -2.37. The highest BCUT2D eigenvalue weighted by molar-refractivity contribution is 6.91. The number of aliphatic hydroxyl groups excluding tert-OH is 1. The van der Waals surface area contributed by atoms with Crippen LogP contribution in [0.25, 0.3) is 0 Å². The van der Waals surface area contributed by atoms with Crippen LogP contribution in [0.4, 0.5) is 17.1 Å². The number of methoxy groups -OCH3 is 1. The molecule has 1 fully saturated rings. The molecule has 3 amide bonds. The van der Waals surface area contributed by atoms with E-state index in [0.29, 0.717) is 34.7 Å². The van der Waals surface area contributed by atoms with Crippen molar-refractivity contribution in [2.24, 2.45) is 5.92 Å². The van der Waals surface area contributed by atoms with Crippen molar-refractivity contribution in [1.82, 2.24) is 4.90 Å². The number of para-hydroxylation sites is 1. The molecule has 4 atom stereocenters. The van der Waals surface area contributed by atoms with Crippen LogP contribution in [0, 0.1) is 5.92 Å². The fourth-order valence-electron chi connectivity index (χ4n) is 8.66. The quantitative estimate of drug-likeness (QED) is 0.130. The number of hydrogen-bond donors (Lipinski definition) is 2. The highest BCUT2D eigenvalue weighted by Crippen LogP contribution is 2.61. The zero-order valence-electron chi connectivity index (χ0n) is 31.6. The lowest BCUT2D eigenvalue weighted by molar-refractivity contribution is -0.149. The summed E-state index contributed by atoms with van der Waals surface area (Å²) < 4.78 is 12.8. The molecule has 0 aromatic heterocycles. The number of carbonyl (C=O) groups excluding carboxylic acids is 3. The van der Waals surface area contributed by atoms with Crippen LogP contribution in [0.3, 0.4) is 0 Å². The molecular weight excluding hydrogens is 707 g/mol. The van der Waals surface area contributed by atoms with Gasteiger partial charge < -0.3 is 24.8 Å². The van der Waals surface area contributed by atoms with Gasteiger partial charge in [0.1, 0.15) is 5.75 Å².